The van der Waals surface area contributed by atoms with Gasteiger partial charge in [0, 0.05) is 41.8 Å². The number of aromatic nitrogens is 4. The third kappa shape index (κ3) is 4.11. The van der Waals surface area contributed by atoms with E-state index in [4.69, 9.17) is 4.74 Å². The Labute approximate surface area is 182 Å². The van der Waals surface area contributed by atoms with Crippen molar-refractivity contribution >= 4 is 15.9 Å². The van der Waals surface area contributed by atoms with Crippen molar-refractivity contribution in [2.45, 2.75) is 20.5 Å². The van der Waals surface area contributed by atoms with Gasteiger partial charge in [0.15, 0.2) is 0 Å². The fourth-order valence-corrected chi connectivity index (χ4v) is 3.91. The lowest BCUT2D eigenvalue weighted by atomic mass is 10.1. The molecule has 0 N–H and O–H groups in total. The summed E-state index contributed by atoms with van der Waals surface area (Å²) in [7, 11) is 1.93. The SMILES string of the molecule is Cc1ccc(COc2ccc(-c3c(Br)nc(-c4ccc(F)nc4)n3C)c(C)c2)cn1. The molecular formula is C23H20BrFN4O. The van der Waals surface area contributed by atoms with E-state index in [1.54, 1.807) is 6.07 Å². The van der Waals surface area contributed by atoms with E-state index in [-0.39, 0.29) is 0 Å². The molecule has 0 aliphatic rings. The highest BCUT2D eigenvalue weighted by molar-refractivity contribution is 9.10. The molecule has 4 aromatic rings. The fraction of sp³-hybridized carbons (Fsp3) is 0.174. The average Bonchev–Trinajstić information content (AvgIpc) is 3.02. The first-order chi connectivity index (χ1) is 14.4. The normalized spacial score (nSPS) is 11.0. The number of halogens is 2. The topological polar surface area (TPSA) is 52.8 Å². The van der Waals surface area contributed by atoms with Crippen LogP contribution in [0.2, 0.25) is 0 Å². The Hall–Kier alpha value is -3.06. The van der Waals surface area contributed by atoms with Gasteiger partial charge < -0.3 is 9.30 Å². The maximum absolute atomic E-state index is 13.2. The third-order valence-electron chi connectivity index (χ3n) is 4.87. The van der Waals surface area contributed by atoms with E-state index in [0.29, 0.717) is 17.0 Å². The highest BCUT2D eigenvalue weighted by Crippen LogP contribution is 2.35. The summed E-state index contributed by atoms with van der Waals surface area (Å²) in [6.07, 6.45) is 3.31. The van der Waals surface area contributed by atoms with Gasteiger partial charge in [0.1, 0.15) is 22.8 Å². The molecule has 0 saturated carbocycles. The lowest BCUT2D eigenvalue weighted by Crippen LogP contribution is -1.99. The van der Waals surface area contributed by atoms with Gasteiger partial charge in [-0.15, -0.1) is 0 Å². The van der Waals surface area contributed by atoms with Crippen LogP contribution in [0.5, 0.6) is 5.75 Å². The van der Waals surface area contributed by atoms with Gasteiger partial charge in [-0.05, 0) is 71.7 Å². The quantitative estimate of drug-likeness (QED) is 0.357. The van der Waals surface area contributed by atoms with Gasteiger partial charge in [-0.2, -0.15) is 4.39 Å². The van der Waals surface area contributed by atoms with Crippen LogP contribution in [-0.2, 0) is 13.7 Å². The molecule has 0 bridgehead atoms. The second-order valence-corrected chi connectivity index (χ2v) is 7.83. The van der Waals surface area contributed by atoms with Crippen LogP contribution in [0.25, 0.3) is 22.6 Å². The molecule has 3 heterocycles. The maximum atomic E-state index is 13.2. The first kappa shape index (κ1) is 20.2. The number of nitrogens with zero attached hydrogens (tertiary/aromatic N) is 4. The molecule has 0 radical (unpaired) electrons. The molecule has 5 nitrogen and oxygen atoms in total. The fourth-order valence-electron chi connectivity index (χ4n) is 3.27. The molecule has 0 aliphatic carbocycles. The highest BCUT2D eigenvalue weighted by atomic mass is 79.9. The summed E-state index contributed by atoms with van der Waals surface area (Å²) < 4.78 is 21.8. The molecule has 0 aliphatic heterocycles. The van der Waals surface area contributed by atoms with E-state index >= 15 is 0 Å². The van der Waals surface area contributed by atoms with Crippen molar-refractivity contribution in [3.05, 3.63) is 82.2 Å². The Morgan fingerprint density at radius 1 is 1.03 bits per heavy atom. The second-order valence-electron chi connectivity index (χ2n) is 7.08. The van der Waals surface area contributed by atoms with E-state index in [1.807, 2.05) is 62.0 Å². The highest BCUT2D eigenvalue weighted by Gasteiger charge is 2.18. The van der Waals surface area contributed by atoms with Crippen LogP contribution < -0.4 is 4.74 Å². The van der Waals surface area contributed by atoms with Crippen LogP contribution in [0.3, 0.4) is 0 Å². The van der Waals surface area contributed by atoms with Crippen molar-refractivity contribution in [3.63, 3.8) is 0 Å². The smallest absolute Gasteiger partial charge is 0.212 e. The summed E-state index contributed by atoms with van der Waals surface area (Å²) in [5, 5.41) is 0. The largest absolute Gasteiger partial charge is 0.489 e. The molecule has 152 valence electrons. The van der Waals surface area contributed by atoms with Crippen LogP contribution in [0.4, 0.5) is 4.39 Å². The minimum absolute atomic E-state index is 0.461. The van der Waals surface area contributed by atoms with Crippen LogP contribution in [0.15, 0.2) is 59.5 Å². The van der Waals surface area contributed by atoms with Gasteiger partial charge in [0.25, 0.3) is 0 Å². The molecule has 7 heteroatoms. The van der Waals surface area contributed by atoms with Gasteiger partial charge in [-0.25, -0.2) is 9.97 Å². The molecule has 0 atom stereocenters. The predicted molar refractivity (Wildman–Crippen MR) is 118 cm³/mol. The number of pyridine rings is 2. The van der Waals surface area contributed by atoms with Crippen LogP contribution >= 0.6 is 15.9 Å². The van der Waals surface area contributed by atoms with Crippen molar-refractivity contribution in [2.75, 3.05) is 0 Å². The van der Waals surface area contributed by atoms with E-state index in [0.717, 1.165) is 39.4 Å². The van der Waals surface area contributed by atoms with Crippen molar-refractivity contribution in [1.29, 1.82) is 0 Å². The number of aryl methyl sites for hydroxylation is 2. The molecule has 0 fully saturated rings. The standard InChI is InChI=1S/C23H20BrFN4O/c1-14-10-18(30-13-16-5-4-15(2)26-11-16)7-8-19(14)21-22(24)28-23(29(21)3)17-6-9-20(25)27-12-17/h4-12H,13H2,1-3H3. The van der Waals surface area contributed by atoms with Crippen molar-refractivity contribution < 1.29 is 9.13 Å². The number of hydrogen-bond acceptors (Lipinski definition) is 4. The Morgan fingerprint density at radius 3 is 2.53 bits per heavy atom. The lowest BCUT2D eigenvalue weighted by molar-refractivity contribution is 0.305. The van der Waals surface area contributed by atoms with Gasteiger partial charge >= 0.3 is 0 Å². The minimum Gasteiger partial charge on any atom is -0.489 e. The van der Waals surface area contributed by atoms with Crippen molar-refractivity contribution in [3.8, 4) is 28.4 Å². The average molecular weight is 467 g/mol. The molecular weight excluding hydrogens is 447 g/mol. The number of rotatable bonds is 5. The van der Waals surface area contributed by atoms with Crippen LogP contribution in [0, 0.1) is 19.8 Å². The Bertz CT molecular complexity index is 1190. The zero-order valence-corrected chi connectivity index (χ0v) is 18.4. The summed E-state index contributed by atoms with van der Waals surface area (Å²) >= 11 is 3.57. The molecule has 30 heavy (non-hydrogen) atoms. The monoisotopic (exact) mass is 466 g/mol. The molecule has 0 amide bonds. The van der Waals surface area contributed by atoms with Crippen LogP contribution in [-0.4, -0.2) is 19.5 Å². The van der Waals surface area contributed by atoms with E-state index < -0.39 is 5.95 Å². The lowest BCUT2D eigenvalue weighted by Gasteiger charge is -2.12. The van der Waals surface area contributed by atoms with Crippen LogP contribution in [0.1, 0.15) is 16.8 Å². The maximum Gasteiger partial charge on any atom is 0.212 e. The Morgan fingerprint density at radius 2 is 1.87 bits per heavy atom. The minimum atomic E-state index is -0.514. The summed E-state index contributed by atoms with van der Waals surface area (Å²) in [5.74, 6) is 0.981. The first-order valence-electron chi connectivity index (χ1n) is 9.42. The third-order valence-corrected chi connectivity index (χ3v) is 5.42. The van der Waals surface area contributed by atoms with Gasteiger partial charge in [0.05, 0.1) is 5.69 Å². The van der Waals surface area contributed by atoms with Gasteiger partial charge in [-0.3, -0.25) is 4.98 Å². The van der Waals surface area contributed by atoms with E-state index in [2.05, 4.69) is 30.9 Å². The summed E-state index contributed by atoms with van der Waals surface area (Å²) in [5.41, 5.74) is 5.77. The number of ether oxygens (including phenoxy) is 1. The number of imidazole rings is 1. The Balaban J connectivity index is 1.60. The van der Waals surface area contributed by atoms with Gasteiger partial charge in [-0.1, -0.05) is 6.07 Å². The summed E-state index contributed by atoms with van der Waals surface area (Å²) in [6, 6.07) is 13.0. The molecule has 3 aromatic heterocycles. The summed E-state index contributed by atoms with van der Waals surface area (Å²) in [6.45, 7) is 4.46. The molecule has 0 unspecified atom stereocenters. The Kier molecular flexibility index (Phi) is 5.63. The number of benzene rings is 1. The van der Waals surface area contributed by atoms with E-state index in [1.165, 1.54) is 12.3 Å². The zero-order chi connectivity index (χ0) is 21.3. The van der Waals surface area contributed by atoms with E-state index in [9.17, 15) is 4.39 Å². The van der Waals surface area contributed by atoms with Crippen molar-refractivity contribution in [2.24, 2.45) is 7.05 Å². The molecule has 1 aromatic carbocycles. The van der Waals surface area contributed by atoms with Gasteiger partial charge in [0.2, 0.25) is 5.95 Å². The number of hydrogen-bond donors (Lipinski definition) is 0. The molecule has 4 rings (SSSR count). The molecule has 0 saturated heterocycles. The first-order valence-corrected chi connectivity index (χ1v) is 10.2. The predicted octanol–water partition coefficient (Wildman–Crippen LogP) is 5.64. The molecule has 0 spiro atoms. The second kappa shape index (κ2) is 8.36. The summed E-state index contributed by atoms with van der Waals surface area (Å²) in [4.78, 5) is 12.6. The zero-order valence-electron chi connectivity index (χ0n) is 16.9. The van der Waals surface area contributed by atoms with Crippen molar-refractivity contribution in [1.82, 2.24) is 19.5 Å².